The summed E-state index contributed by atoms with van der Waals surface area (Å²) < 4.78 is 8.69. The minimum absolute atomic E-state index is 0.979. The molecule has 0 saturated heterocycles. The molecule has 76 valence electrons. The maximum atomic E-state index is 4.38. The maximum absolute atomic E-state index is 4.38. The van der Waals surface area contributed by atoms with Gasteiger partial charge in [0.15, 0.2) is 0 Å². The minimum Gasteiger partial charge on any atom is -0.302 e. The first-order valence-corrected chi connectivity index (χ1v) is 5.73. The number of rotatable bonds is 2. The normalized spacial score (nSPS) is 18.3. The molecular formula is C10H15N3S. The van der Waals surface area contributed by atoms with Crippen molar-refractivity contribution < 1.29 is 0 Å². The molecule has 1 aliphatic heterocycles. The molecule has 1 aromatic rings. The average Bonchev–Trinajstić information content (AvgIpc) is 2.65. The molecule has 2 rings (SSSR count). The van der Waals surface area contributed by atoms with Crippen LogP contribution in [0.1, 0.15) is 24.7 Å². The van der Waals surface area contributed by atoms with E-state index in [1.165, 1.54) is 17.3 Å². The Balaban J connectivity index is 2.26. The maximum Gasteiger partial charge on any atom is 0.104 e. The molecule has 1 aromatic heterocycles. The van der Waals surface area contributed by atoms with Crippen LogP contribution in [0.4, 0.5) is 0 Å². The van der Waals surface area contributed by atoms with Crippen molar-refractivity contribution in [2.24, 2.45) is 0 Å². The molecule has 0 aliphatic carbocycles. The van der Waals surface area contributed by atoms with E-state index in [1.807, 2.05) is 0 Å². The van der Waals surface area contributed by atoms with Gasteiger partial charge in [0.1, 0.15) is 5.69 Å². The van der Waals surface area contributed by atoms with Crippen molar-refractivity contribution in [3.63, 3.8) is 0 Å². The summed E-state index contributed by atoms with van der Waals surface area (Å²) in [5, 5.41) is 0. The zero-order valence-corrected chi connectivity index (χ0v) is 9.47. The number of hydrogen-bond donors (Lipinski definition) is 0. The molecule has 0 aromatic carbocycles. The Morgan fingerprint density at radius 1 is 1.50 bits per heavy atom. The first-order valence-electron chi connectivity index (χ1n) is 5.00. The highest BCUT2D eigenvalue weighted by Crippen LogP contribution is 2.21. The molecule has 0 amide bonds. The molecule has 0 atom stereocenters. The third-order valence-electron chi connectivity index (χ3n) is 2.54. The first-order chi connectivity index (χ1) is 6.81. The van der Waals surface area contributed by atoms with Crippen molar-refractivity contribution in [2.75, 3.05) is 20.1 Å². The second kappa shape index (κ2) is 4.19. The van der Waals surface area contributed by atoms with E-state index in [2.05, 4.69) is 33.7 Å². The summed E-state index contributed by atoms with van der Waals surface area (Å²) in [7, 11) is 2.15. The van der Waals surface area contributed by atoms with Crippen LogP contribution in [0.15, 0.2) is 6.08 Å². The highest BCUT2D eigenvalue weighted by molar-refractivity contribution is 6.99. The van der Waals surface area contributed by atoms with E-state index >= 15 is 0 Å². The number of hydrogen-bond acceptors (Lipinski definition) is 4. The molecule has 0 fully saturated rings. The Labute approximate surface area is 88.8 Å². The summed E-state index contributed by atoms with van der Waals surface area (Å²) in [5.41, 5.74) is 3.63. The average molecular weight is 209 g/mol. The topological polar surface area (TPSA) is 29.0 Å². The van der Waals surface area contributed by atoms with Crippen LogP contribution in [0.25, 0.3) is 5.57 Å². The predicted molar refractivity (Wildman–Crippen MR) is 59.4 cm³/mol. The molecule has 1 aliphatic rings. The van der Waals surface area contributed by atoms with E-state index in [1.54, 1.807) is 0 Å². The van der Waals surface area contributed by atoms with Crippen LogP contribution in [0.2, 0.25) is 0 Å². The van der Waals surface area contributed by atoms with Gasteiger partial charge < -0.3 is 4.90 Å². The second-order valence-electron chi connectivity index (χ2n) is 3.67. The van der Waals surface area contributed by atoms with E-state index in [-0.39, 0.29) is 0 Å². The van der Waals surface area contributed by atoms with Crippen LogP contribution in [-0.4, -0.2) is 33.8 Å². The molecule has 4 heteroatoms. The highest BCUT2D eigenvalue weighted by Gasteiger charge is 2.15. The molecule has 0 spiro atoms. The quantitative estimate of drug-likeness (QED) is 0.744. The van der Waals surface area contributed by atoms with Crippen LogP contribution in [-0.2, 0) is 6.42 Å². The monoisotopic (exact) mass is 209 g/mol. The number of likely N-dealkylation sites (N-methyl/N-ethyl adjacent to an activating group) is 1. The summed E-state index contributed by atoms with van der Waals surface area (Å²) in [4.78, 5) is 2.33. The van der Waals surface area contributed by atoms with Crippen molar-refractivity contribution in [1.82, 2.24) is 13.6 Å². The first kappa shape index (κ1) is 9.80. The zero-order chi connectivity index (χ0) is 9.97. The fraction of sp³-hybridized carbons (Fsp3) is 0.600. The molecule has 0 saturated carbocycles. The van der Waals surface area contributed by atoms with E-state index in [9.17, 15) is 0 Å². The van der Waals surface area contributed by atoms with Crippen molar-refractivity contribution in [3.05, 3.63) is 17.5 Å². The van der Waals surface area contributed by atoms with E-state index in [0.29, 0.717) is 0 Å². The van der Waals surface area contributed by atoms with E-state index in [0.717, 1.165) is 37.3 Å². The van der Waals surface area contributed by atoms with Crippen molar-refractivity contribution >= 4 is 17.3 Å². The SMILES string of the molecule is CCc1nsnc1C1=CCCN(C)C1. The third kappa shape index (κ3) is 1.86. The predicted octanol–water partition coefficient (Wildman–Crippen LogP) is 1.82. The second-order valence-corrected chi connectivity index (χ2v) is 4.20. The summed E-state index contributed by atoms with van der Waals surface area (Å²) in [6.45, 7) is 4.30. The molecule has 14 heavy (non-hydrogen) atoms. The van der Waals surface area contributed by atoms with Gasteiger partial charge in [-0.1, -0.05) is 13.0 Å². The van der Waals surface area contributed by atoms with Gasteiger partial charge in [-0.25, -0.2) is 0 Å². The lowest BCUT2D eigenvalue weighted by Gasteiger charge is -2.22. The molecule has 0 radical (unpaired) electrons. The zero-order valence-electron chi connectivity index (χ0n) is 8.66. The van der Waals surface area contributed by atoms with Gasteiger partial charge in [0.2, 0.25) is 0 Å². The Kier molecular flexibility index (Phi) is 2.93. The van der Waals surface area contributed by atoms with Gasteiger partial charge in [-0.2, -0.15) is 8.75 Å². The molecule has 0 N–H and O–H groups in total. The van der Waals surface area contributed by atoms with Gasteiger partial charge in [0, 0.05) is 13.1 Å². The largest absolute Gasteiger partial charge is 0.302 e. The van der Waals surface area contributed by atoms with Crippen LogP contribution in [0.3, 0.4) is 0 Å². The lowest BCUT2D eigenvalue weighted by atomic mass is 10.0. The fourth-order valence-electron chi connectivity index (χ4n) is 1.75. The Morgan fingerprint density at radius 2 is 2.36 bits per heavy atom. The third-order valence-corrected chi connectivity index (χ3v) is 3.10. The van der Waals surface area contributed by atoms with Crippen LogP contribution < -0.4 is 0 Å². The summed E-state index contributed by atoms with van der Waals surface area (Å²) in [6.07, 6.45) is 4.41. The van der Waals surface area contributed by atoms with Gasteiger partial charge in [-0.3, -0.25) is 0 Å². The van der Waals surface area contributed by atoms with Gasteiger partial charge in [-0.15, -0.1) is 0 Å². The van der Waals surface area contributed by atoms with Gasteiger partial charge >= 0.3 is 0 Å². The smallest absolute Gasteiger partial charge is 0.104 e. The summed E-state index contributed by atoms with van der Waals surface area (Å²) in [6, 6.07) is 0. The van der Waals surface area contributed by atoms with E-state index < -0.39 is 0 Å². The van der Waals surface area contributed by atoms with Gasteiger partial charge in [0.05, 0.1) is 17.4 Å². The Hall–Kier alpha value is -0.740. The standard InChI is InChI=1S/C10H15N3S/c1-3-9-10(12-14-11-9)8-5-4-6-13(2)7-8/h5H,3-4,6-7H2,1-2H3. The molecule has 0 bridgehead atoms. The highest BCUT2D eigenvalue weighted by atomic mass is 32.1. The van der Waals surface area contributed by atoms with Crippen molar-refractivity contribution in [1.29, 1.82) is 0 Å². The fourth-order valence-corrected chi connectivity index (χ4v) is 2.41. The van der Waals surface area contributed by atoms with E-state index in [4.69, 9.17) is 0 Å². The Morgan fingerprint density at radius 3 is 3.07 bits per heavy atom. The van der Waals surface area contributed by atoms with Gasteiger partial charge in [-0.05, 0) is 25.5 Å². The summed E-state index contributed by atoms with van der Waals surface area (Å²) in [5.74, 6) is 0. The number of nitrogens with zero attached hydrogens (tertiary/aromatic N) is 3. The van der Waals surface area contributed by atoms with Crippen molar-refractivity contribution in [2.45, 2.75) is 19.8 Å². The Bertz CT molecular complexity index is 343. The lowest BCUT2D eigenvalue weighted by Crippen LogP contribution is -2.25. The van der Waals surface area contributed by atoms with Gasteiger partial charge in [0.25, 0.3) is 0 Å². The van der Waals surface area contributed by atoms with Crippen LogP contribution in [0.5, 0.6) is 0 Å². The molecule has 3 nitrogen and oxygen atoms in total. The molecule has 2 heterocycles. The van der Waals surface area contributed by atoms with Crippen LogP contribution >= 0.6 is 11.7 Å². The summed E-state index contributed by atoms with van der Waals surface area (Å²) >= 11 is 1.33. The number of aromatic nitrogens is 2. The molecule has 0 unspecified atom stereocenters. The lowest BCUT2D eigenvalue weighted by molar-refractivity contribution is 0.372. The number of aryl methyl sites for hydroxylation is 1. The van der Waals surface area contributed by atoms with Crippen molar-refractivity contribution in [3.8, 4) is 0 Å². The van der Waals surface area contributed by atoms with Crippen LogP contribution in [0, 0.1) is 0 Å². The minimum atomic E-state index is 0.979. The molecular weight excluding hydrogens is 194 g/mol.